The van der Waals surface area contributed by atoms with Crippen molar-refractivity contribution in [2.24, 2.45) is 11.3 Å². The van der Waals surface area contributed by atoms with Crippen LogP contribution in [0.5, 0.6) is 5.75 Å². The van der Waals surface area contributed by atoms with Gasteiger partial charge in [0.25, 0.3) is 0 Å². The molecule has 4 aliphatic carbocycles. The fourth-order valence-electron chi connectivity index (χ4n) is 9.87. The van der Waals surface area contributed by atoms with Gasteiger partial charge in [-0.05, 0) is 30.9 Å². The van der Waals surface area contributed by atoms with Crippen molar-refractivity contribution in [3.05, 3.63) is 23.8 Å². The van der Waals surface area contributed by atoms with E-state index in [1.54, 1.807) is 13.2 Å². The number of ether oxygens (including phenoxy) is 3. The molecule has 32 heavy (non-hydrogen) atoms. The normalized spacial score (nSPS) is 54.2. The van der Waals surface area contributed by atoms with Crippen LogP contribution in [-0.4, -0.2) is 83.4 Å². The summed E-state index contributed by atoms with van der Waals surface area (Å²) in [7, 11) is 2.86. The first-order valence-corrected chi connectivity index (χ1v) is 11.3. The van der Waals surface area contributed by atoms with Gasteiger partial charge < -0.3 is 24.4 Å². The number of amides is 1. The third kappa shape index (κ3) is 1.22. The van der Waals surface area contributed by atoms with Gasteiger partial charge in [0.05, 0.1) is 37.3 Å². The van der Waals surface area contributed by atoms with E-state index in [2.05, 4.69) is 4.90 Å². The van der Waals surface area contributed by atoms with Crippen LogP contribution in [0.4, 0.5) is 10.5 Å². The van der Waals surface area contributed by atoms with Crippen LogP contribution in [0.3, 0.4) is 0 Å². The van der Waals surface area contributed by atoms with Crippen LogP contribution in [0.15, 0.2) is 18.2 Å². The number of ketones is 1. The van der Waals surface area contributed by atoms with Crippen molar-refractivity contribution in [1.29, 1.82) is 0 Å². The maximum atomic E-state index is 14.1. The fourth-order valence-corrected chi connectivity index (χ4v) is 9.87. The van der Waals surface area contributed by atoms with Crippen molar-refractivity contribution >= 4 is 17.6 Å². The van der Waals surface area contributed by atoms with Crippen LogP contribution in [0, 0.1) is 11.3 Å². The van der Waals surface area contributed by atoms with Crippen LogP contribution >= 0.6 is 0 Å². The number of hydrogen-bond donors (Lipinski definition) is 2. The quantitative estimate of drug-likeness (QED) is 0.636. The van der Waals surface area contributed by atoms with Gasteiger partial charge in [0.1, 0.15) is 23.6 Å². The van der Waals surface area contributed by atoms with E-state index in [9.17, 15) is 19.8 Å². The summed E-state index contributed by atoms with van der Waals surface area (Å²) in [5, 5.41) is 23.8. The van der Waals surface area contributed by atoms with Crippen molar-refractivity contribution in [1.82, 2.24) is 4.90 Å². The van der Waals surface area contributed by atoms with Gasteiger partial charge in [-0.1, -0.05) is 12.1 Å². The van der Waals surface area contributed by atoms with Gasteiger partial charge in [0.2, 0.25) is 0 Å². The number of aliphatic hydroxyl groups is 2. The van der Waals surface area contributed by atoms with Crippen LogP contribution in [0.1, 0.15) is 24.8 Å². The van der Waals surface area contributed by atoms with E-state index in [1.807, 2.05) is 12.1 Å². The summed E-state index contributed by atoms with van der Waals surface area (Å²) in [5.41, 5.74) is -3.45. The number of anilines is 1. The zero-order valence-electron chi connectivity index (χ0n) is 17.8. The van der Waals surface area contributed by atoms with Gasteiger partial charge >= 0.3 is 6.09 Å². The molecule has 10 rings (SSSR count). The lowest BCUT2D eigenvalue weighted by Gasteiger charge is -2.74. The van der Waals surface area contributed by atoms with Crippen molar-refractivity contribution in [3.8, 4) is 5.75 Å². The largest absolute Gasteiger partial charge is 0.495 e. The Kier molecular flexibility index (Phi) is 2.76. The molecule has 3 spiro atoms. The van der Waals surface area contributed by atoms with Crippen LogP contribution in [0.2, 0.25) is 0 Å². The zero-order chi connectivity index (χ0) is 22.0. The molecule has 2 N–H and O–H groups in total. The molecule has 4 saturated carbocycles. The first-order chi connectivity index (χ1) is 15.4. The van der Waals surface area contributed by atoms with Crippen molar-refractivity contribution < 1.29 is 34.0 Å². The number of piperidine rings is 1. The average molecular weight is 440 g/mol. The summed E-state index contributed by atoms with van der Waals surface area (Å²) in [6, 6.07) is 5.40. The molecule has 168 valence electrons. The molecule has 9 nitrogen and oxygen atoms in total. The minimum atomic E-state index is -1.93. The lowest BCUT2D eigenvalue weighted by molar-refractivity contribution is -0.350. The van der Waals surface area contributed by atoms with E-state index in [1.165, 1.54) is 12.0 Å². The molecular formula is C23H24N2O7. The number of nitrogens with zero attached hydrogens (tertiary/aromatic N) is 2. The fraction of sp³-hybridized carbons (Fsp3) is 0.652. The Balaban J connectivity index is 1.58. The van der Waals surface area contributed by atoms with Crippen LogP contribution < -0.4 is 9.64 Å². The van der Waals surface area contributed by atoms with E-state index < -0.39 is 52.4 Å². The summed E-state index contributed by atoms with van der Waals surface area (Å²) in [5.74, 6) is -0.380. The van der Waals surface area contributed by atoms with E-state index in [-0.39, 0.29) is 11.8 Å². The number of para-hydroxylation sites is 1. The van der Waals surface area contributed by atoms with Crippen LogP contribution in [-0.2, 0) is 19.7 Å². The second-order valence-corrected chi connectivity index (χ2v) is 10.5. The highest BCUT2D eigenvalue weighted by atomic mass is 16.6. The number of Topliss-reactive ketones (excluding diaryl/α,β-unsaturated/α-hetero) is 1. The Morgan fingerprint density at radius 2 is 2.09 bits per heavy atom. The summed E-state index contributed by atoms with van der Waals surface area (Å²) < 4.78 is 17.4. The van der Waals surface area contributed by atoms with Gasteiger partial charge in [-0.3, -0.25) is 14.6 Å². The highest BCUT2D eigenvalue weighted by Crippen LogP contribution is 2.85. The SMILES string of the molecule is COC(=O)N1c2c(OC)cccc2[C@@]23[C@H]4C(=O)[C@]5(O)[C@@H]6O[C@H]4N4CC[C@H](O)[C@]6(CC[C@]125)[C@H]43. The van der Waals surface area contributed by atoms with Crippen molar-refractivity contribution in [2.45, 2.75) is 60.3 Å². The second-order valence-electron chi connectivity index (χ2n) is 10.5. The monoisotopic (exact) mass is 440 g/mol. The molecule has 8 fully saturated rings. The predicted molar refractivity (Wildman–Crippen MR) is 107 cm³/mol. The average Bonchev–Trinajstić information content (AvgIpc) is 3.26. The summed E-state index contributed by atoms with van der Waals surface area (Å²) in [6.07, 6.45) is -1.12. The van der Waals surface area contributed by atoms with Gasteiger partial charge in [0, 0.05) is 18.0 Å². The maximum absolute atomic E-state index is 14.1. The number of fused-ring (bicyclic) bond motifs is 2. The van der Waals surface area contributed by atoms with Gasteiger partial charge in [0.15, 0.2) is 11.4 Å². The molecule has 5 heterocycles. The second kappa shape index (κ2) is 4.84. The molecule has 1 unspecified atom stereocenters. The van der Waals surface area contributed by atoms with Crippen molar-refractivity contribution in [3.63, 3.8) is 0 Å². The molecule has 9 bridgehead atoms. The maximum Gasteiger partial charge on any atom is 0.414 e. The lowest BCUT2D eigenvalue weighted by Crippen LogP contribution is -2.91. The third-order valence-corrected chi connectivity index (χ3v) is 10.3. The Hall–Kier alpha value is -2.20. The number of aliphatic hydroxyl groups excluding tert-OH is 1. The Bertz CT molecular complexity index is 1160. The molecule has 0 aromatic heterocycles. The summed E-state index contributed by atoms with van der Waals surface area (Å²) in [6.45, 7) is 0.614. The molecule has 5 aliphatic heterocycles. The molecular weight excluding hydrogens is 416 g/mol. The minimum Gasteiger partial charge on any atom is -0.495 e. The van der Waals surface area contributed by atoms with E-state index in [4.69, 9.17) is 14.2 Å². The first-order valence-electron chi connectivity index (χ1n) is 11.3. The van der Waals surface area contributed by atoms with Gasteiger partial charge in [-0.15, -0.1) is 0 Å². The molecule has 9 heteroatoms. The topological polar surface area (TPSA) is 109 Å². The van der Waals surface area contributed by atoms with Crippen molar-refractivity contribution in [2.75, 3.05) is 25.7 Å². The molecule has 10 atom stereocenters. The number of methoxy groups -OCH3 is 2. The molecule has 9 aliphatic rings. The van der Waals surface area contributed by atoms with Gasteiger partial charge in [-0.2, -0.15) is 0 Å². The zero-order valence-corrected chi connectivity index (χ0v) is 17.8. The third-order valence-electron chi connectivity index (χ3n) is 10.3. The number of carbonyl (C=O) groups is 2. The Morgan fingerprint density at radius 1 is 1.28 bits per heavy atom. The molecule has 4 saturated heterocycles. The molecule has 1 aromatic rings. The van der Waals surface area contributed by atoms with E-state index >= 15 is 0 Å². The molecule has 0 radical (unpaired) electrons. The molecule has 1 aromatic carbocycles. The van der Waals surface area contributed by atoms with E-state index in [0.717, 1.165) is 5.56 Å². The lowest BCUT2D eigenvalue weighted by atomic mass is 9.38. The minimum absolute atomic E-state index is 0.214. The standard InChI is InChI=1S/C23H24N2O7/c1-30-11-5-3-4-10-14(11)25(19(28)31-2)21-8-7-20-12(26)6-9-24-16-13(22(10,21)17(20)24)15(27)23(21,29)18(20)32-16/h3-5,12-13,16-18,26,29H,6-9H2,1-2H3/t12-,13-,16+,17-,18+,20+,21-,22-,23-/m0/s1. The Labute approximate surface area is 183 Å². The highest BCUT2D eigenvalue weighted by molar-refractivity contribution is 6.09. The highest BCUT2D eigenvalue weighted by Gasteiger charge is 3.01. The van der Waals surface area contributed by atoms with Gasteiger partial charge in [-0.25, -0.2) is 4.79 Å². The van der Waals surface area contributed by atoms with Crippen LogP contribution in [0.25, 0.3) is 0 Å². The Morgan fingerprint density at radius 3 is 2.84 bits per heavy atom. The van der Waals surface area contributed by atoms with E-state index in [0.29, 0.717) is 37.2 Å². The summed E-state index contributed by atoms with van der Waals surface area (Å²) in [4.78, 5) is 31.3. The number of carbonyl (C=O) groups excluding carboxylic acids is 2. The first kappa shape index (κ1) is 18.3. The number of rotatable bonds is 1. The summed E-state index contributed by atoms with van der Waals surface area (Å²) >= 11 is 0. The molecule has 1 amide bonds. The smallest absolute Gasteiger partial charge is 0.414 e. The predicted octanol–water partition coefficient (Wildman–Crippen LogP) is 0.156. The number of hydrogen-bond acceptors (Lipinski definition) is 8. The number of benzene rings is 1.